The van der Waals surface area contributed by atoms with Crippen molar-refractivity contribution in [3.05, 3.63) is 36.0 Å². The van der Waals surface area contributed by atoms with Gasteiger partial charge in [0.15, 0.2) is 23.0 Å². The van der Waals surface area contributed by atoms with E-state index in [2.05, 4.69) is 15.1 Å². The zero-order chi connectivity index (χ0) is 14.1. The molecule has 6 nitrogen and oxygen atoms in total. The molecule has 3 rings (SSSR count). The second kappa shape index (κ2) is 4.84. The van der Waals surface area contributed by atoms with E-state index in [4.69, 9.17) is 4.42 Å². The largest absolute Gasteiger partial charge is 0.461 e. The first-order chi connectivity index (χ1) is 9.67. The summed E-state index contributed by atoms with van der Waals surface area (Å²) in [6, 6.07) is 5.09. The lowest BCUT2D eigenvalue weighted by molar-refractivity contribution is -0.119. The second-order valence-corrected chi connectivity index (χ2v) is 4.33. The SMILES string of the molecule is Cc1nc2cc(CC(=O)CF)nc(-c3ccco3)n2n1. The number of ketones is 1. The van der Waals surface area contributed by atoms with Crippen LogP contribution in [-0.2, 0) is 11.2 Å². The number of aromatic nitrogens is 4. The van der Waals surface area contributed by atoms with E-state index in [1.54, 1.807) is 25.1 Å². The van der Waals surface area contributed by atoms with Crippen molar-refractivity contribution in [3.8, 4) is 11.6 Å². The molecule has 0 aliphatic carbocycles. The molecular formula is C13H11FN4O2. The number of carbonyl (C=O) groups excluding carboxylic acids is 1. The summed E-state index contributed by atoms with van der Waals surface area (Å²) >= 11 is 0. The molecule has 3 aromatic heterocycles. The highest BCUT2D eigenvalue weighted by atomic mass is 19.1. The predicted octanol–water partition coefficient (Wildman–Crippen LogP) is 1.77. The number of hydrogen-bond acceptors (Lipinski definition) is 5. The van der Waals surface area contributed by atoms with Gasteiger partial charge < -0.3 is 4.42 Å². The number of furan rings is 1. The Kier molecular flexibility index (Phi) is 3.02. The average Bonchev–Trinajstić information content (AvgIpc) is 3.05. The minimum absolute atomic E-state index is 0.0768. The van der Waals surface area contributed by atoms with Crippen LogP contribution < -0.4 is 0 Å². The Morgan fingerprint density at radius 1 is 1.45 bits per heavy atom. The van der Waals surface area contributed by atoms with Gasteiger partial charge in [0.25, 0.3) is 0 Å². The van der Waals surface area contributed by atoms with Crippen LogP contribution >= 0.6 is 0 Å². The van der Waals surface area contributed by atoms with Crippen molar-refractivity contribution in [2.75, 3.05) is 6.67 Å². The number of fused-ring (bicyclic) bond motifs is 1. The molecule has 3 aromatic rings. The Balaban J connectivity index is 2.17. The summed E-state index contributed by atoms with van der Waals surface area (Å²) in [4.78, 5) is 19.8. The molecule has 20 heavy (non-hydrogen) atoms. The molecule has 0 amide bonds. The lowest BCUT2D eigenvalue weighted by Gasteiger charge is -2.04. The average molecular weight is 274 g/mol. The van der Waals surface area contributed by atoms with Gasteiger partial charge >= 0.3 is 0 Å². The lowest BCUT2D eigenvalue weighted by Crippen LogP contribution is -2.08. The molecule has 0 aliphatic heterocycles. The molecule has 0 saturated carbocycles. The zero-order valence-electron chi connectivity index (χ0n) is 10.7. The van der Waals surface area contributed by atoms with Gasteiger partial charge in [0.2, 0.25) is 0 Å². The van der Waals surface area contributed by atoms with Crippen LogP contribution in [0.25, 0.3) is 17.2 Å². The minimum Gasteiger partial charge on any atom is -0.461 e. The van der Waals surface area contributed by atoms with Crippen molar-refractivity contribution >= 4 is 11.4 Å². The fraction of sp³-hybridized carbons (Fsp3) is 0.231. The molecule has 0 radical (unpaired) electrons. The summed E-state index contributed by atoms with van der Waals surface area (Å²) in [6.07, 6.45) is 1.44. The van der Waals surface area contributed by atoms with E-state index in [1.807, 2.05) is 0 Å². The molecule has 0 N–H and O–H groups in total. The topological polar surface area (TPSA) is 73.3 Å². The number of Topliss-reactive ketones (excluding diaryl/α,β-unsaturated/α-hetero) is 1. The van der Waals surface area contributed by atoms with Crippen molar-refractivity contribution in [2.24, 2.45) is 0 Å². The van der Waals surface area contributed by atoms with Gasteiger partial charge in [0, 0.05) is 6.07 Å². The highest BCUT2D eigenvalue weighted by molar-refractivity contribution is 5.81. The van der Waals surface area contributed by atoms with Crippen molar-refractivity contribution in [2.45, 2.75) is 13.3 Å². The van der Waals surface area contributed by atoms with E-state index in [0.29, 0.717) is 28.8 Å². The van der Waals surface area contributed by atoms with Crippen LogP contribution in [0.4, 0.5) is 4.39 Å². The summed E-state index contributed by atoms with van der Waals surface area (Å²) < 4.78 is 19.2. The van der Waals surface area contributed by atoms with E-state index in [-0.39, 0.29) is 6.42 Å². The van der Waals surface area contributed by atoms with Gasteiger partial charge in [-0.2, -0.15) is 4.52 Å². The fourth-order valence-electron chi connectivity index (χ4n) is 1.95. The first-order valence-corrected chi connectivity index (χ1v) is 6.02. The lowest BCUT2D eigenvalue weighted by atomic mass is 10.2. The maximum absolute atomic E-state index is 12.3. The van der Waals surface area contributed by atoms with Crippen LogP contribution in [0.15, 0.2) is 28.9 Å². The van der Waals surface area contributed by atoms with Crippen LogP contribution in [0.5, 0.6) is 0 Å². The van der Waals surface area contributed by atoms with Gasteiger partial charge in [-0.25, -0.2) is 14.4 Å². The molecule has 3 heterocycles. The number of aryl methyl sites for hydroxylation is 1. The monoisotopic (exact) mass is 274 g/mol. The fourth-order valence-corrected chi connectivity index (χ4v) is 1.95. The summed E-state index contributed by atoms with van der Waals surface area (Å²) in [5.74, 6) is 1.00. The smallest absolute Gasteiger partial charge is 0.199 e. The Morgan fingerprint density at radius 3 is 3.00 bits per heavy atom. The summed E-state index contributed by atoms with van der Waals surface area (Å²) in [7, 11) is 0. The van der Waals surface area contributed by atoms with Crippen molar-refractivity contribution < 1.29 is 13.6 Å². The standard InChI is InChI=1S/C13H11FN4O2/c1-8-15-12-6-9(5-10(19)7-14)16-13(18(12)17-8)11-3-2-4-20-11/h2-4,6H,5,7H2,1H3. The molecule has 0 unspecified atom stereocenters. The van der Waals surface area contributed by atoms with Crippen LogP contribution in [0, 0.1) is 6.92 Å². The zero-order valence-corrected chi connectivity index (χ0v) is 10.7. The first kappa shape index (κ1) is 12.5. The summed E-state index contributed by atoms with van der Waals surface area (Å²) in [6.45, 7) is 0.750. The van der Waals surface area contributed by atoms with Gasteiger partial charge in [0.1, 0.15) is 12.5 Å². The molecular weight excluding hydrogens is 263 g/mol. The Morgan fingerprint density at radius 2 is 2.30 bits per heavy atom. The van der Waals surface area contributed by atoms with Crippen molar-refractivity contribution in [3.63, 3.8) is 0 Å². The minimum atomic E-state index is -1.01. The van der Waals surface area contributed by atoms with E-state index in [1.165, 1.54) is 10.8 Å². The Labute approximate surface area is 113 Å². The maximum atomic E-state index is 12.3. The van der Waals surface area contributed by atoms with E-state index in [0.717, 1.165) is 0 Å². The van der Waals surface area contributed by atoms with Gasteiger partial charge in [-0.1, -0.05) is 0 Å². The van der Waals surface area contributed by atoms with Gasteiger partial charge in [-0.15, -0.1) is 5.10 Å². The van der Waals surface area contributed by atoms with Crippen molar-refractivity contribution in [1.82, 2.24) is 19.6 Å². The highest BCUT2D eigenvalue weighted by Crippen LogP contribution is 2.19. The number of alkyl halides is 1. The molecule has 0 saturated heterocycles. The summed E-state index contributed by atoms with van der Waals surface area (Å²) in [5.41, 5.74) is 0.990. The van der Waals surface area contributed by atoms with Crippen LogP contribution in [0.2, 0.25) is 0 Å². The Hall–Kier alpha value is -2.57. The quantitative estimate of drug-likeness (QED) is 0.725. The summed E-state index contributed by atoms with van der Waals surface area (Å²) in [5, 5.41) is 4.23. The number of halogens is 1. The molecule has 0 aliphatic rings. The first-order valence-electron chi connectivity index (χ1n) is 6.02. The predicted molar refractivity (Wildman–Crippen MR) is 67.9 cm³/mol. The van der Waals surface area contributed by atoms with Gasteiger partial charge in [0.05, 0.1) is 18.4 Å². The number of nitrogens with zero attached hydrogens (tertiary/aromatic N) is 4. The molecule has 0 atom stereocenters. The third-order valence-corrected chi connectivity index (χ3v) is 2.75. The molecule has 0 fully saturated rings. The molecule has 102 valence electrons. The normalized spacial score (nSPS) is 11.1. The van der Waals surface area contributed by atoms with E-state index in [9.17, 15) is 9.18 Å². The molecule has 7 heteroatoms. The van der Waals surface area contributed by atoms with Gasteiger partial charge in [-0.05, 0) is 19.1 Å². The number of rotatable bonds is 4. The van der Waals surface area contributed by atoms with Crippen LogP contribution in [0.3, 0.4) is 0 Å². The van der Waals surface area contributed by atoms with Crippen molar-refractivity contribution in [1.29, 1.82) is 0 Å². The molecule has 0 bridgehead atoms. The molecule has 0 spiro atoms. The maximum Gasteiger partial charge on any atom is 0.199 e. The third-order valence-electron chi connectivity index (χ3n) is 2.75. The molecule has 0 aromatic carbocycles. The van der Waals surface area contributed by atoms with Gasteiger partial charge in [-0.3, -0.25) is 4.79 Å². The Bertz CT molecular complexity index is 764. The van der Waals surface area contributed by atoms with Crippen LogP contribution in [0.1, 0.15) is 11.5 Å². The van der Waals surface area contributed by atoms with E-state index >= 15 is 0 Å². The second-order valence-electron chi connectivity index (χ2n) is 4.33. The van der Waals surface area contributed by atoms with Crippen LogP contribution in [-0.4, -0.2) is 32.0 Å². The number of hydrogen-bond donors (Lipinski definition) is 0. The van der Waals surface area contributed by atoms with E-state index < -0.39 is 12.5 Å². The number of carbonyl (C=O) groups is 1. The third kappa shape index (κ3) is 2.18. The highest BCUT2D eigenvalue weighted by Gasteiger charge is 2.15.